The molecule has 1 saturated carbocycles. The molecule has 0 radical (unpaired) electrons. The molecular formula is C19H38O6. The van der Waals surface area contributed by atoms with Gasteiger partial charge in [0.25, 0.3) is 0 Å². The number of hydrogen-bond donors (Lipinski definition) is 3. The van der Waals surface area contributed by atoms with Crippen LogP contribution in [0.1, 0.15) is 64.2 Å². The lowest BCUT2D eigenvalue weighted by atomic mass is 9.91. The van der Waals surface area contributed by atoms with Gasteiger partial charge in [-0.15, -0.1) is 0 Å². The fourth-order valence-electron chi connectivity index (χ4n) is 3.17. The molecule has 0 aliphatic heterocycles. The van der Waals surface area contributed by atoms with Crippen LogP contribution in [-0.4, -0.2) is 73.3 Å². The molecule has 150 valence electrons. The van der Waals surface area contributed by atoms with Crippen molar-refractivity contribution in [3.8, 4) is 0 Å². The average Bonchev–Trinajstić information content (AvgIpc) is 2.63. The lowest BCUT2D eigenvalue weighted by Crippen LogP contribution is -2.46. The van der Waals surface area contributed by atoms with Crippen molar-refractivity contribution in [1.82, 2.24) is 0 Å². The molecule has 0 bridgehead atoms. The Bertz CT molecular complexity index is 289. The molecule has 25 heavy (non-hydrogen) atoms. The Labute approximate surface area is 152 Å². The van der Waals surface area contributed by atoms with Crippen molar-refractivity contribution in [3.63, 3.8) is 0 Å². The summed E-state index contributed by atoms with van der Waals surface area (Å²) >= 11 is 0. The van der Waals surface area contributed by atoms with Gasteiger partial charge in [0.05, 0.1) is 12.2 Å². The number of aliphatic hydroxyl groups is 3. The van der Waals surface area contributed by atoms with Crippen LogP contribution in [0.15, 0.2) is 0 Å². The van der Waals surface area contributed by atoms with Gasteiger partial charge in [-0.05, 0) is 64.2 Å². The molecule has 0 aromatic carbocycles. The first kappa shape index (κ1) is 22.8. The van der Waals surface area contributed by atoms with Gasteiger partial charge in [0.15, 0.2) is 0 Å². The summed E-state index contributed by atoms with van der Waals surface area (Å²) in [6, 6.07) is 0. The van der Waals surface area contributed by atoms with Gasteiger partial charge >= 0.3 is 0 Å². The molecule has 0 heterocycles. The van der Waals surface area contributed by atoms with Gasteiger partial charge in [-0.3, -0.25) is 0 Å². The molecule has 0 aromatic rings. The fourth-order valence-corrected chi connectivity index (χ4v) is 3.17. The maximum absolute atomic E-state index is 8.92. The Morgan fingerprint density at radius 1 is 0.560 bits per heavy atom. The van der Waals surface area contributed by atoms with Gasteiger partial charge in [0.1, 0.15) is 6.10 Å². The van der Waals surface area contributed by atoms with Crippen LogP contribution in [0.3, 0.4) is 0 Å². The second kappa shape index (κ2) is 16.0. The van der Waals surface area contributed by atoms with E-state index in [1.54, 1.807) is 0 Å². The van der Waals surface area contributed by atoms with Crippen LogP contribution < -0.4 is 0 Å². The first-order valence-corrected chi connectivity index (χ1v) is 10.0. The smallest absolute Gasteiger partial charge is 0.110 e. The molecule has 0 aromatic heterocycles. The van der Waals surface area contributed by atoms with Gasteiger partial charge in [0, 0.05) is 39.6 Å². The van der Waals surface area contributed by atoms with E-state index >= 15 is 0 Å². The third kappa shape index (κ3) is 10.5. The number of rotatable bonds is 16. The highest BCUT2D eigenvalue weighted by molar-refractivity contribution is 4.85. The fraction of sp³-hybridized carbons (Fsp3) is 1.00. The summed E-state index contributed by atoms with van der Waals surface area (Å²) in [7, 11) is 0. The zero-order chi connectivity index (χ0) is 18.2. The summed E-state index contributed by atoms with van der Waals surface area (Å²) in [5.74, 6) is 0. The predicted molar refractivity (Wildman–Crippen MR) is 96.6 cm³/mol. The quantitative estimate of drug-likeness (QED) is 0.364. The summed E-state index contributed by atoms with van der Waals surface area (Å²) in [5, 5.41) is 26.6. The Hall–Kier alpha value is -0.240. The van der Waals surface area contributed by atoms with Crippen molar-refractivity contribution in [1.29, 1.82) is 0 Å². The van der Waals surface area contributed by atoms with Gasteiger partial charge in [-0.2, -0.15) is 0 Å². The third-order valence-electron chi connectivity index (χ3n) is 4.59. The maximum atomic E-state index is 8.92. The van der Waals surface area contributed by atoms with Gasteiger partial charge in [-0.25, -0.2) is 0 Å². The molecule has 6 heteroatoms. The van der Waals surface area contributed by atoms with E-state index in [0.29, 0.717) is 19.8 Å². The summed E-state index contributed by atoms with van der Waals surface area (Å²) in [6.07, 6.45) is 9.06. The van der Waals surface area contributed by atoms with Crippen molar-refractivity contribution in [2.24, 2.45) is 0 Å². The van der Waals surface area contributed by atoms with Crippen LogP contribution in [0.2, 0.25) is 0 Å². The van der Waals surface area contributed by atoms with E-state index < -0.39 is 0 Å². The highest BCUT2D eigenvalue weighted by Crippen LogP contribution is 2.27. The van der Waals surface area contributed by atoms with Crippen LogP contribution in [0.25, 0.3) is 0 Å². The highest BCUT2D eigenvalue weighted by atomic mass is 16.6. The van der Waals surface area contributed by atoms with Gasteiger partial charge in [0.2, 0.25) is 0 Å². The van der Waals surface area contributed by atoms with Gasteiger partial charge in [-0.1, -0.05) is 0 Å². The molecule has 3 atom stereocenters. The third-order valence-corrected chi connectivity index (χ3v) is 4.59. The van der Waals surface area contributed by atoms with Crippen molar-refractivity contribution in [2.75, 3.05) is 39.6 Å². The second-order valence-corrected chi connectivity index (χ2v) is 6.73. The second-order valence-electron chi connectivity index (χ2n) is 6.73. The molecule has 0 saturated heterocycles. The van der Waals surface area contributed by atoms with Crippen LogP contribution in [0.4, 0.5) is 0 Å². The number of unbranched alkanes of at least 4 members (excludes halogenated alkanes) is 4. The van der Waals surface area contributed by atoms with Crippen molar-refractivity contribution < 1.29 is 29.5 Å². The SMILES string of the molecule is OCCCCCOC1CCCC(OCCCCO)C1OCCCCO. The molecule has 1 aliphatic rings. The largest absolute Gasteiger partial charge is 0.396 e. The van der Waals surface area contributed by atoms with Gasteiger partial charge < -0.3 is 29.5 Å². The zero-order valence-corrected chi connectivity index (χ0v) is 15.6. The van der Waals surface area contributed by atoms with E-state index in [1.807, 2.05) is 0 Å². The predicted octanol–water partition coefficient (Wildman–Crippen LogP) is 2.03. The summed E-state index contributed by atoms with van der Waals surface area (Å²) in [6.45, 7) is 2.59. The minimum absolute atomic E-state index is 0.0454. The first-order valence-electron chi connectivity index (χ1n) is 10.0. The van der Waals surface area contributed by atoms with Crippen molar-refractivity contribution in [3.05, 3.63) is 0 Å². The minimum Gasteiger partial charge on any atom is -0.396 e. The molecule has 6 nitrogen and oxygen atoms in total. The molecule has 3 N–H and O–H groups in total. The summed E-state index contributed by atoms with van der Waals surface area (Å²) in [5.41, 5.74) is 0. The summed E-state index contributed by atoms with van der Waals surface area (Å²) in [4.78, 5) is 0. The highest BCUT2D eigenvalue weighted by Gasteiger charge is 2.35. The van der Waals surface area contributed by atoms with E-state index in [0.717, 1.165) is 64.2 Å². The molecule has 1 rings (SSSR count). The number of ether oxygens (including phenoxy) is 3. The normalized spacial score (nSPS) is 23.9. The standard InChI is InChI=1S/C19H38O6/c20-11-2-1-5-14-23-17-9-8-10-18(24-15-6-3-12-21)19(17)25-16-7-4-13-22/h17-22H,1-16H2. The Balaban J connectivity index is 2.42. The lowest BCUT2D eigenvalue weighted by Gasteiger charge is -2.37. The average molecular weight is 363 g/mol. The molecule has 0 amide bonds. The molecule has 1 fully saturated rings. The Morgan fingerprint density at radius 3 is 1.52 bits per heavy atom. The monoisotopic (exact) mass is 362 g/mol. The number of aliphatic hydroxyl groups excluding tert-OH is 3. The topological polar surface area (TPSA) is 88.4 Å². The van der Waals surface area contributed by atoms with E-state index in [1.165, 1.54) is 0 Å². The zero-order valence-electron chi connectivity index (χ0n) is 15.6. The number of hydrogen-bond acceptors (Lipinski definition) is 6. The maximum Gasteiger partial charge on any atom is 0.110 e. The minimum atomic E-state index is -0.0561. The van der Waals surface area contributed by atoms with E-state index in [9.17, 15) is 0 Å². The van der Waals surface area contributed by atoms with Crippen LogP contribution in [0.5, 0.6) is 0 Å². The molecular weight excluding hydrogens is 324 g/mol. The summed E-state index contributed by atoms with van der Waals surface area (Å²) < 4.78 is 18.2. The van der Waals surface area contributed by atoms with Crippen LogP contribution in [0, 0.1) is 0 Å². The van der Waals surface area contributed by atoms with E-state index in [2.05, 4.69) is 0 Å². The Morgan fingerprint density at radius 2 is 1.00 bits per heavy atom. The Kier molecular flexibility index (Phi) is 14.6. The lowest BCUT2D eigenvalue weighted by molar-refractivity contribution is -0.159. The molecule has 1 aliphatic carbocycles. The van der Waals surface area contributed by atoms with Crippen LogP contribution >= 0.6 is 0 Å². The van der Waals surface area contributed by atoms with E-state index in [-0.39, 0.29) is 38.1 Å². The first-order chi connectivity index (χ1) is 12.3. The van der Waals surface area contributed by atoms with E-state index in [4.69, 9.17) is 29.5 Å². The van der Waals surface area contributed by atoms with Crippen molar-refractivity contribution in [2.45, 2.75) is 82.5 Å². The molecule has 3 unspecified atom stereocenters. The van der Waals surface area contributed by atoms with Crippen molar-refractivity contribution >= 4 is 0 Å². The van der Waals surface area contributed by atoms with Crippen LogP contribution in [-0.2, 0) is 14.2 Å². The molecule has 0 spiro atoms.